The van der Waals surface area contributed by atoms with Crippen molar-refractivity contribution in [2.45, 2.75) is 6.42 Å². The van der Waals surface area contributed by atoms with Gasteiger partial charge < -0.3 is 14.6 Å². The SMILES string of the molecule is COCC1(CO)CCOC1. The summed E-state index contributed by atoms with van der Waals surface area (Å²) in [6, 6.07) is 0. The van der Waals surface area contributed by atoms with Crippen LogP contribution in [0.15, 0.2) is 0 Å². The highest BCUT2D eigenvalue weighted by Crippen LogP contribution is 2.27. The number of aliphatic hydroxyl groups is 1. The lowest BCUT2D eigenvalue weighted by Gasteiger charge is -2.22. The number of hydrogen-bond acceptors (Lipinski definition) is 3. The van der Waals surface area contributed by atoms with Gasteiger partial charge in [0.25, 0.3) is 0 Å². The van der Waals surface area contributed by atoms with E-state index in [-0.39, 0.29) is 12.0 Å². The van der Waals surface area contributed by atoms with Crippen LogP contribution in [0.3, 0.4) is 0 Å². The van der Waals surface area contributed by atoms with Crippen molar-refractivity contribution in [2.75, 3.05) is 33.5 Å². The fraction of sp³-hybridized carbons (Fsp3) is 1.00. The largest absolute Gasteiger partial charge is 0.396 e. The Hall–Kier alpha value is -0.120. The summed E-state index contributed by atoms with van der Waals surface area (Å²) in [6.45, 7) is 2.16. The van der Waals surface area contributed by atoms with Crippen LogP contribution < -0.4 is 0 Å². The predicted molar refractivity (Wildman–Crippen MR) is 36.8 cm³/mol. The van der Waals surface area contributed by atoms with Crippen LogP contribution >= 0.6 is 0 Å². The standard InChI is InChI=1S/C7H14O3/c1-9-5-7(4-8)2-3-10-6-7/h8H,2-6H2,1H3. The van der Waals surface area contributed by atoms with Crippen molar-refractivity contribution in [3.8, 4) is 0 Å². The van der Waals surface area contributed by atoms with Crippen molar-refractivity contribution >= 4 is 0 Å². The van der Waals surface area contributed by atoms with Crippen LogP contribution in [-0.4, -0.2) is 38.6 Å². The van der Waals surface area contributed by atoms with E-state index in [1.54, 1.807) is 7.11 Å². The summed E-state index contributed by atoms with van der Waals surface area (Å²) in [5, 5.41) is 8.99. The van der Waals surface area contributed by atoms with E-state index >= 15 is 0 Å². The molecule has 0 aliphatic carbocycles. The van der Waals surface area contributed by atoms with Crippen LogP contribution in [0.4, 0.5) is 0 Å². The quantitative estimate of drug-likeness (QED) is 0.610. The molecule has 1 N–H and O–H groups in total. The molecule has 0 aromatic heterocycles. The van der Waals surface area contributed by atoms with Crippen molar-refractivity contribution in [2.24, 2.45) is 5.41 Å². The molecular weight excluding hydrogens is 132 g/mol. The summed E-state index contributed by atoms with van der Waals surface area (Å²) in [5.74, 6) is 0. The third-order valence-corrected chi connectivity index (χ3v) is 1.97. The maximum atomic E-state index is 8.99. The molecular formula is C7H14O3. The van der Waals surface area contributed by atoms with Crippen LogP contribution in [0.2, 0.25) is 0 Å². The Morgan fingerprint density at radius 3 is 2.90 bits per heavy atom. The molecule has 0 radical (unpaired) electrons. The van der Waals surface area contributed by atoms with Crippen LogP contribution in [0.25, 0.3) is 0 Å². The molecule has 0 saturated carbocycles. The predicted octanol–water partition coefficient (Wildman–Crippen LogP) is 0.0318. The van der Waals surface area contributed by atoms with Crippen molar-refractivity contribution in [3.63, 3.8) is 0 Å². The molecule has 0 spiro atoms. The van der Waals surface area contributed by atoms with Gasteiger partial charge in [0.15, 0.2) is 0 Å². The Bertz CT molecular complexity index is 97.0. The van der Waals surface area contributed by atoms with E-state index in [1.165, 1.54) is 0 Å². The summed E-state index contributed by atoms with van der Waals surface area (Å²) in [4.78, 5) is 0. The first kappa shape index (κ1) is 7.98. The van der Waals surface area contributed by atoms with Gasteiger partial charge in [0.05, 0.1) is 19.8 Å². The highest BCUT2D eigenvalue weighted by Gasteiger charge is 2.34. The van der Waals surface area contributed by atoms with Gasteiger partial charge in [0.2, 0.25) is 0 Å². The molecule has 60 valence electrons. The highest BCUT2D eigenvalue weighted by molar-refractivity contribution is 4.81. The Balaban J connectivity index is 2.41. The fourth-order valence-electron chi connectivity index (χ4n) is 1.24. The second-order valence-electron chi connectivity index (χ2n) is 2.89. The average molecular weight is 146 g/mol. The Morgan fingerprint density at radius 2 is 2.50 bits per heavy atom. The van der Waals surface area contributed by atoms with Crippen molar-refractivity contribution in [1.82, 2.24) is 0 Å². The van der Waals surface area contributed by atoms with Crippen LogP contribution in [-0.2, 0) is 9.47 Å². The topological polar surface area (TPSA) is 38.7 Å². The second kappa shape index (κ2) is 3.32. The monoisotopic (exact) mass is 146 g/mol. The third kappa shape index (κ3) is 1.48. The molecule has 0 bridgehead atoms. The molecule has 1 fully saturated rings. The zero-order valence-corrected chi connectivity index (χ0v) is 6.30. The van der Waals surface area contributed by atoms with Crippen LogP contribution in [0.5, 0.6) is 0 Å². The first-order valence-electron chi connectivity index (χ1n) is 3.50. The van der Waals surface area contributed by atoms with E-state index in [0.29, 0.717) is 13.2 Å². The van der Waals surface area contributed by atoms with Crippen molar-refractivity contribution in [1.29, 1.82) is 0 Å². The number of ether oxygens (including phenoxy) is 2. The minimum Gasteiger partial charge on any atom is -0.396 e. The Morgan fingerprint density at radius 1 is 1.70 bits per heavy atom. The van der Waals surface area contributed by atoms with E-state index < -0.39 is 0 Å². The molecule has 1 unspecified atom stereocenters. The lowest BCUT2D eigenvalue weighted by atomic mass is 9.90. The molecule has 1 rings (SSSR count). The van der Waals surface area contributed by atoms with Gasteiger partial charge >= 0.3 is 0 Å². The molecule has 0 aromatic rings. The molecule has 0 aromatic carbocycles. The molecule has 3 heteroatoms. The molecule has 1 heterocycles. The lowest BCUT2D eigenvalue weighted by Crippen LogP contribution is -2.30. The number of aliphatic hydroxyl groups excluding tert-OH is 1. The smallest absolute Gasteiger partial charge is 0.0567 e. The molecule has 1 saturated heterocycles. The zero-order chi connectivity index (χ0) is 7.45. The van der Waals surface area contributed by atoms with E-state index in [4.69, 9.17) is 14.6 Å². The summed E-state index contributed by atoms with van der Waals surface area (Å²) in [5.41, 5.74) is -0.102. The summed E-state index contributed by atoms with van der Waals surface area (Å²) in [6.07, 6.45) is 0.914. The third-order valence-electron chi connectivity index (χ3n) is 1.97. The first-order valence-corrected chi connectivity index (χ1v) is 3.50. The summed E-state index contributed by atoms with van der Waals surface area (Å²) >= 11 is 0. The Labute approximate surface area is 60.9 Å². The van der Waals surface area contributed by atoms with Crippen molar-refractivity contribution < 1.29 is 14.6 Å². The normalized spacial score (nSPS) is 33.0. The van der Waals surface area contributed by atoms with Crippen molar-refractivity contribution in [3.05, 3.63) is 0 Å². The van der Waals surface area contributed by atoms with Crippen LogP contribution in [0.1, 0.15) is 6.42 Å². The zero-order valence-electron chi connectivity index (χ0n) is 6.30. The number of methoxy groups -OCH3 is 1. The molecule has 0 amide bonds. The molecule has 1 aliphatic heterocycles. The van der Waals surface area contributed by atoms with Gasteiger partial charge in [-0.3, -0.25) is 0 Å². The minimum absolute atomic E-state index is 0.102. The Kier molecular flexibility index (Phi) is 2.65. The van der Waals surface area contributed by atoms with Gasteiger partial charge in [-0.05, 0) is 6.42 Å². The van der Waals surface area contributed by atoms with Gasteiger partial charge in [0, 0.05) is 19.1 Å². The summed E-state index contributed by atoms with van der Waals surface area (Å²) < 4.78 is 10.1. The maximum absolute atomic E-state index is 8.99. The van der Waals surface area contributed by atoms with Gasteiger partial charge in [-0.1, -0.05) is 0 Å². The van der Waals surface area contributed by atoms with E-state index in [0.717, 1.165) is 13.0 Å². The second-order valence-corrected chi connectivity index (χ2v) is 2.89. The molecule has 1 atom stereocenters. The molecule has 1 aliphatic rings. The number of rotatable bonds is 3. The van der Waals surface area contributed by atoms with E-state index in [2.05, 4.69) is 0 Å². The number of hydrogen-bond donors (Lipinski definition) is 1. The fourth-order valence-corrected chi connectivity index (χ4v) is 1.24. The summed E-state index contributed by atoms with van der Waals surface area (Å²) in [7, 11) is 1.65. The van der Waals surface area contributed by atoms with E-state index in [1.807, 2.05) is 0 Å². The molecule has 10 heavy (non-hydrogen) atoms. The highest BCUT2D eigenvalue weighted by atomic mass is 16.5. The maximum Gasteiger partial charge on any atom is 0.0567 e. The average Bonchev–Trinajstić information content (AvgIpc) is 2.39. The van der Waals surface area contributed by atoms with Crippen LogP contribution in [0, 0.1) is 5.41 Å². The minimum atomic E-state index is -0.102. The lowest BCUT2D eigenvalue weighted by molar-refractivity contribution is 0.0204. The van der Waals surface area contributed by atoms with Gasteiger partial charge in [-0.15, -0.1) is 0 Å². The first-order chi connectivity index (χ1) is 4.83. The van der Waals surface area contributed by atoms with Gasteiger partial charge in [-0.2, -0.15) is 0 Å². The van der Waals surface area contributed by atoms with E-state index in [9.17, 15) is 0 Å². The van der Waals surface area contributed by atoms with Gasteiger partial charge in [0.1, 0.15) is 0 Å². The van der Waals surface area contributed by atoms with Gasteiger partial charge in [-0.25, -0.2) is 0 Å². The molecule has 3 nitrogen and oxygen atoms in total.